The lowest BCUT2D eigenvalue weighted by molar-refractivity contribution is -0.183. The fourth-order valence-corrected chi connectivity index (χ4v) is 10.2. The summed E-state index contributed by atoms with van der Waals surface area (Å²) in [5, 5.41) is 10.2. The van der Waals surface area contributed by atoms with Gasteiger partial charge in [-0.1, -0.05) is 59.3 Å². The quantitative estimate of drug-likeness (QED) is 0.433. The molecule has 3 nitrogen and oxygen atoms in total. The number of allylic oxidation sites excluding steroid dienone is 3. The van der Waals surface area contributed by atoms with Gasteiger partial charge < -0.3 is 5.11 Å². The van der Waals surface area contributed by atoms with E-state index in [1.807, 2.05) is 13.0 Å². The Morgan fingerprint density at radius 1 is 1.00 bits per heavy atom. The third-order valence-electron chi connectivity index (χ3n) is 12.6. The molecule has 3 unspecified atom stereocenters. The van der Waals surface area contributed by atoms with Crippen molar-refractivity contribution in [1.29, 1.82) is 0 Å². The van der Waals surface area contributed by atoms with E-state index < -0.39 is 11.4 Å². The van der Waals surface area contributed by atoms with Crippen LogP contribution in [-0.2, 0) is 9.59 Å². The van der Waals surface area contributed by atoms with Crippen LogP contribution in [0.4, 0.5) is 0 Å². The smallest absolute Gasteiger partial charge is 0.313 e. The van der Waals surface area contributed by atoms with Gasteiger partial charge in [0.25, 0.3) is 0 Å². The normalized spacial score (nSPS) is 55.5. The summed E-state index contributed by atoms with van der Waals surface area (Å²) in [6.45, 7) is 16.3. The van der Waals surface area contributed by atoms with Gasteiger partial charge in [-0.05, 0) is 103 Å². The summed E-state index contributed by atoms with van der Waals surface area (Å²) in [6.07, 6.45) is 13.7. The summed E-state index contributed by atoms with van der Waals surface area (Å²) in [6, 6.07) is 0. The van der Waals surface area contributed by atoms with E-state index in [4.69, 9.17) is 0 Å². The van der Waals surface area contributed by atoms with Gasteiger partial charge in [0.15, 0.2) is 5.78 Å². The maximum atomic E-state index is 14.2. The number of hydrogen-bond acceptors (Lipinski definition) is 2. The molecule has 0 aliphatic heterocycles. The predicted molar refractivity (Wildman–Crippen MR) is 132 cm³/mol. The molecule has 5 aliphatic carbocycles. The van der Waals surface area contributed by atoms with Gasteiger partial charge in [0, 0.05) is 5.92 Å². The summed E-state index contributed by atoms with van der Waals surface area (Å²) >= 11 is 0. The molecule has 0 aromatic carbocycles. The average Bonchev–Trinajstić information content (AvgIpc) is 2.72. The van der Waals surface area contributed by atoms with Crippen LogP contribution in [0.15, 0.2) is 23.8 Å². The van der Waals surface area contributed by atoms with Crippen molar-refractivity contribution in [3.05, 3.63) is 23.8 Å². The number of carboxylic acid groups (broad SMARTS) is 1. The van der Waals surface area contributed by atoms with E-state index in [1.165, 1.54) is 24.8 Å². The Morgan fingerprint density at radius 2 is 1.70 bits per heavy atom. The zero-order valence-electron chi connectivity index (χ0n) is 21.8. The molecule has 3 fully saturated rings. The number of rotatable bonds is 1. The van der Waals surface area contributed by atoms with Crippen molar-refractivity contribution in [2.45, 2.75) is 93.4 Å². The highest BCUT2D eigenvalue weighted by atomic mass is 16.4. The lowest BCUT2D eigenvalue weighted by atomic mass is 9.34. The fourth-order valence-electron chi connectivity index (χ4n) is 10.2. The van der Waals surface area contributed by atoms with E-state index in [1.54, 1.807) is 0 Å². The summed E-state index contributed by atoms with van der Waals surface area (Å²) in [7, 11) is 0. The SMILES string of the molecule is C[C@@H]1CC[C@]2(C)CC[C@]3(C)C(=CC(=O)C4[C@@]5(C)CC=C[C@](C)(C(=O)O)C5CC[C@]43C)C2[C@H]1C. The van der Waals surface area contributed by atoms with Gasteiger partial charge in [0.05, 0.1) is 5.41 Å². The van der Waals surface area contributed by atoms with E-state index in [-0.39, 0.29) is 33.9 Å². The summed E-state index contributed by atoms with van der Waals surface area (Å²) in [5.74, 6) is 1.21. The maximum Gasteiger partial charge on any atom is 0.313 e. The highest BCUT2D eigenvalue weighted by molar-refractivity contribution is 5.96. The Bertz CT molecular complexity index is 962. The van der Waals surface area contributed by atoms with Crippen molar-refractivity contribution in [2.24, 2.45) is 56.7 Å². The van der Waals surface area contributed by atoms with Crippen molar-refractivity contribution in [3.8, 4) is 0 Å². The monoisotopic (exact) mass is 452 g/mol. The van der Waals surface area contributed by atoms with Crippen LogP contribution in [0.2, 0.25) is 0 Å². The molecule has 1 N–H and O–H groups in total. The number of carboxylic acids is 1. The van der Waals surface area contributed by atoms with E-state index in [9.17, 15) is 14.7 Å². The molecule has 0 radical (unpaired) electrons. The molecule has 3 heteroatoms. The summed E-state index contributed by atoms with van der Waals surface area (Å²) in [5.41, 5.74) is 0.438. The van der Waals surface area contributed by atoms with Crippen LogP contribution < -0.4 is 0 Å². The van der Waals surface area contributed by atoms with Crippen molar-refractivity contribution in [1.82, 2.24) is 0 Å². The largest absolute Gasteiger partial charge is 0.481 e. The summed E-state index contributed by atoms with van der Waals surface area (Å²) in [4.78, 5) is 26.6. The molecule has 5 aliphatic rings. The molecule has 182 valence electrons. The number of ketones is 1. The molecule has 10 atom stereocenters. The molecule has 0 bridgehead atoms. The first-order chi connectivity index (χ1) is 15.2. The zero-order valence-corrected chi connectivity index (χ0v) is 21.8. The second-order valence-corrected chi connectivity index (χ2v) is 14.0. The van der Waals surface area contributed by atoms with Gasteiger partial charge in [-0.25, -0.2) is 0 Å². The Kier molecular flexibility index (Phi) is 4.85. The van der Waals surface area contributed by atoms with Crippen molar-refractivity contribution < 1.29 is 14.7 Å². The van der Waals surface area contributed by atoms with Crippen molar-refractivity contribution in [2.75, 3.05) is 0 Å². The van der Waals surface area contributed by atoms with Crippen LogP contribution in [0.1, 0.15) is 93.4 Å². The van der Waals surface area contributed by atoms with Crippen LogP contribution in [0.5, 0.6) is 0 Å². The van der Waals surface area contributed by atoms with E-state index in [0.717, 1.165) is 25.7 Å². The van der Waals surface area contributed by atoms with E-state index in [2.05, 4.69) is 53.7 Å². The standard InChI is InChI=1S/C30H44O3/c1-18-9-13-26(3)15-16-29(6)20(23(26)19(18)2)17-21(31)24-27(4)11-8-12-28(5,25(32)33)22(27)10-14-30(24,29)7/h8,12,17-19,22-24H,9-11,13-16H2,1-7H3,(H,32,33)/t18-,19+,22?,23?,24?,26-,27+,28+,29-,30-/m1/s1. The molecule has 0 heterocycles. The zero-order chi connectivity index (χ0) is 24.2. The second-order valence-electron chi connectivity index (χ2n) is 14.0. The Labute approximate surface area is 200 Å². The van der Waals surface area contributed by atoms with Crippen LogP contribution in [-0.4, -0.2) is 16.9 Å². The minimum absolute atomic E-state index is 0.00411. The van der Waals surface area contributed by atoms with Gasteiger partial charge in [-0.15, -0.1) is 0 Å². The van der Waals surface area contributed by atoms with Gasteiger partial charge in [-0.2, -0.15) is 0 Å². The molecule has 5 rings (SSSR count). The topological polar surface area (TPSA) is 54.4 Å². The highest BCUT2D eigenvalue weighted by Gasteiger charge is 2.70. The predicted octanol–water partition coefficient (Wildman–Crippen LogP) is 7.07. The van der Waals surface area contributed by atoms with Crippen LogP contribution in [0, 0.1) is 56.7 Å². The molecular weight excluding hydrogens is 408 g/mol. The molecule has 0 aromatic rings. The molecule has 0 amide bonds. The molecule has 0 aromatic heterocycles. The fraction of sp³-hybridized carbons (Fsp3) is 0.800. The average molecular weight is 453 g/mol. The third-order valence-corrected chi connectivity index (χ3v) is 12.6. The van der Waals surface area contributed by atoms with Crippen LogP contribution >= 0.6 is 0 Å². The van der Waals surface area contributed by atoms with Gasteiger partial charge in [0.1, 0.15) is 0 Å². The molecule has 3 saturated carbocycles. The Balaban J connectivity index is 1.66. The van der Waals surface area contributed by atoms with Crippen molar-refractivity contribution in [3.63, 3.8) is 0 Å². The Morgan fingerprint density at radius 3 is 2.36 bits per heavy atom. The number of fused-ring (bicyclic) bond motifs is 7. The molecule has 33 heavy (non-hydrogen) atoms. The van der Waals surface area contributed by atoms with Gasteiger partial charge in [-0.3, -0.25) is 9.59 Å². The van der Waals surface area contributed by atoms with Gasteiger partial charge >= 0.3 is 5.97 Å². The first kappa shape index (κ1) is 23.4. The maximum absolute atomic E-state index is 14.2. The molecule has 0 spiro atoms. The number of hydrogen-bond donors (Lipinski definition) is 1. The van der Waals surface area contributed by atoms with E-state index in [0.29, 0.717) is 23.2 Å². The molecule has 0 saturated heterocycles. The minimum Gasteiger partial charge on any atom is -0.481 e. The number of carbonyl (C=O) groups is 2. The van der Waals surface area contributed by atoms with Crippen molar-refractivity contribution >= 4 is 11.8 Å². The second kappa shape index (κ2) is 6.85. The number of aliphatic carboxylic acids is 1. The lowest BCUT2D eigenvalue weighted by Gasteiger charge is -2.69. The van der Waals surface area contributed by atoms with Crippen LogP contribution in [0.3, 0.4) is 0 Å². The first-order valence-electron chi connectivity index (χ1n) is 13.4. The third kappa shape index (κ3) is 2.69. The number of carbonyl (C=O) groups excluding carboxylic acids is 1. The van der Waals surface area contributed by atoms with E-state index >= 15 is 0 Å². The summed E-state index contributed by atoms with van der Waals surface area (Å²) < 4.78 is 0. The molecular formula is C30H44O3. The van der Waals surface area contributed by atoms with Gasteiger partial charge in [0.2, 0.25) is 0 Å². The van der Waals surface area contributed by atoms with Crippen LogP contribution in [0.25, 0.3) is 0 Å². The lowest BCUT2D eigenvalue weighted by Crippen LogP contribution is -2.65. The minimum atomic E-state index is -0.891. The first-order valence-corrected chi connectivity index (χ1v) is 13.4. The Hall–Kier alpha value is -1.38. The highest BCUT2D eigenvalue weighted by Crippen LogP contribution is 2.74.